The first-order chi connectivity index (χ1) is 13.5. The van der Waals surface area contributed by atoms with Gasteiger partial charge in [-0.1, -0.05) is 29.8 Å². The van der Waals surface area contributed by atoms with Gasteiger partial charge in [-0.2, -0.15) is 17.0 Å². The molecule has 1 aromatic heterocycles. The van der Waals surface area contributed by atoms with E-state index in [2.05, 4.69) is 67.1 Å². The number of nitriles is 1. The summed E-state index contributed by atoms with van der Waals surface area (Å²) in [6.45, 7) is 6.78. The lowest BCUT2D eigenvalue weighted by atomic mass is 10.1. The summed E-state index contributed by atoms with van der Waals surface area (Å²) in [6.07, 6.45) is 4.15. The molecule has 4 nitrogen and oxygen atoms in total. The highest BCUT2D eigenvalue weighted by molar-refractivity contribution is 7.98. The van der Waals surface area contributed by atoms with Crippen LogP contribution in [0.4, 0.5) is 0 Å². The first kappa shape index (κ1) is 20.3. The van der Waals surface area contributed by atoms with Gasteiger partial charge in [0.1, 0.15) is 11.6 Å². The molecule has 0 spiro atoms. The number of carbonyl (C=O) groups is 1. The van der Waals surface area contributed by atoms with Crippen LogP contribution in [0.15, 0.2) is 35.9 Å². The van der Waals surface area contributed by atoms with Crippen molar-refractivity contribution in [1.29, 1.82) is 5.26 Å². The molecular weight excluding hydrogens is 366 g/mol. The van der Waals surface area contributed by atoms with Gasteiger partial charge in [-0.15, -0.1) is 0 Å². The number of nitrogens with zero attached hydrogens (tertiary/aromatic N) is 2. The van der Waals surface area contributed by atoms with E-state index < -0.39 is 0 Å². The Kier molecular flexibility index (Phi) is 6.64. The van der Waals surface area contributed by atoms with Crippen molar-refractivity contribution in [3.8, 4) is 6.07 Å². The predicted molar refractivity (Wildman–Crippen MR) is 116 cm³/mol. The smallest absolute Gasteiger partial charge is 0.261 e. The van der Waals surface area contributed by atoms with Crippen molar-refractivity contribution < 1.29 is 4.79 Å². The van der Waals surface area contributed by atoms with Crippen molar-refractivity contribution in [2.75, 3.05) is 12.3 Å². The number of hydrogen-bond acceptors (Lipinski definition) is 3. The van der Waals surface area contributed by atoms with Crippen LogP contribution in [0, 0.1) is 32.1 Å². The maximum absolute atomic E-state index is 12.4. The molecule has 1 heterocycles. The quantitative estimate of drug-likeness (QED) is 0.402. The van der Waals surface area contributed by atoms with Crippen LogP contribution < -0.4 is 5.32 Å². The van der Waals surface area contributed by atoms with Crippen LogP contribution in [-0.4, -0.2) is 22.8 Å². The third-order valence-corrected chi connectivity index (χ3v) is 6.05. The summed E-state index contributed by atoms with van der Waals surface area (Å²) in [4.78, 5) is 12.4. The first-order valence-electron chi connectivity index (χ1n) is 9.71. The Morgan fingerprint density at radius 1 is 1.29 bits per heavy atom. The van der Waals surface area contributed by atoms with E-state index >= 15 is 0 Å². The molecule has 1 fully saturated rings. The van der Waals surface area contributed by atoms with Crippen LogP contribution in [0.2, 0.25) is 0 Å². The van der Waals surface area contributed by atoms with Gasteiger partial charge in [0.05, 0.1) is 0 Å². The molecule has 1 saturated carbocycles. The van der Waals surface area contributed by atoms with Crippen LogP contribution >= 0.6 is 11.8 Å². The second kappa shape index (κ2) is 9.16. The zero-order valence-electron chi connectivity index (χ0n) is 16.8. The fourth-order valence-electron chi connectivity index (χ4n) is 3.35. The Labute approximate surface area is 171 Å². The molecule has 2 aromatic rings. The zero-order chi connectivity index (χ0) is 20.1. The second-order valence-corrected chi connectivity index (χ2v) is 8.50. The van der Waals surface area contributed by atoms with Crippen molar-refractivity contribution >= 4 is 23.7 Å². The van der Waals surface area contributed by atoms with Gasteiger partial charge in [0, 0.05) is 35.5 Å². The summed E-state index contributed by atoms with van der Waals surface area (Å²) in [6, 6.07) is 13.2. The van der Waals surface area contributed by atoms with E-state index in [1.54, 1.807) is 17.8 Å². The number of benzene rings is 1. The largest absolute Gasteiger partial charge is 0.351 e. The lowest BCUT2D eigenvalue weighted by molar-refractivity contribution is -0.116. The predicted octanol–water partition coefficient (Wildman–Crippen LogP) is 4.70. The zero-order valence-corrected chi connectivity index (χ0v) is 17.6. The van der Waals surface area contributed by atoms with Crippen molar-refractivity contribution in [1.82, 2.24) is 9.88 Å². The summed E-state index contributed by atoms with van der Waals surface area (Å²) in [5, 5.41) is 12.3. The molecule has 1 N–H and O–H groups in total. The van der Waals surface area contributed by atoms with Crippen LogP contribution in [0.1, 0.15) is 47.0 Å². The van der Waals surface area contributed by atoms with Gasteiger partial charge in [-0.25, -0.2) is 0 Å². The Bertz CT molecular complexity index is 915. The van der Waals surface area contributed by atoms with Gasteiger partial charge in [0.25, 0.3) is 5.91 Å². The topological polar surface area (TPSA) is 57.8 Å². The molecule has 1 amide bonds. The van der Waals surface area contributed by atoms with Crippen LogP contribution in [-0.2, 0) is 10.5 Å². The number of rotatable bonds is 8. The van der Waals surface area contributed by atoms with Crippen molar-refractivity contribution in [3.05, 3.63) is 64.0 Å². The number of thioether (sulfide) groups is 1. The Balaban J connectivity index is 1.51. The molecule has 0 saturated heterocycles. The molecule has 5 heteroatoms. The third kappa shape index (κ3) is 5.08. The van der Waals surface area contributed by atoms with Gasteiger partial charge < -0.3 is 9.88 Å². The number of aryl methyl sites for hydroxylation is 2. The number of carbonyl (C=O) groups excluding carboxylic acids is 1. The highest BCUT2D eigenvalue weighted by Gasteiger charge is 2.26. The summed E-state index contributed by atoms with van der Waals surface area (Å²) < 4.78 is 2.32. The lowest BCUT2D eigenvalue weighted by Gasteiger charge is -2.07. The summed E-state index contributed by atoms with van der Waals surface area (Å²) in [7, 11) is 0. The van der Waals surface area contributed by atoms with E-state index in [1.807, 2.05) is 0 Å². The third-order valence-electron chi connectivity index (χ3n) is 5.02. The molecule has 0 radical (unpaired) electrons. The molecule has 0 unspecified atom stereocenters. The first-order valence-corrected chi connectivity index (χ1v) is 10.9. The maximum Gasteiger partial charge on any atom is 0.261 e. The van der Waals surface area contributed by atoms with E-state index in [0.29, 0.717) is 12.6 Å². The van der Waals surface area contributed by atoms with Crippen molar-refractivity contribution in [2.24, 2.45) is 0 Å². The maximum atomic E-state index is 12.4. The standard InChI is InChI=1S/C23H27N3OS/c1-16-4-6-19(7-5-16)15-28-11-10-25-23(27)21(14-24)13-20-12-17(2)26(18(20)3)22-8-9-22/h4-7,12-13,22H,8-11,15H2,1-3H3,(H,25,27)/b21-13-. The van der Waals surface area contributed by atoms with E-state index in [4.69, 9.17) is 0 Å². The van der Waals surface area contributed by atoms with Gasteiger partial charge in [0.15, 0.2) is 0 Å². The average Bonchev–Trinajstić information content (AvgIpc) is 3.46. The van der Waals surface area contributed by atoms with E-state index in [1.165, 1.54) is 29.7 Å². The van der Waals surface area contributed by atoms with Crippen LogP contribution in [0.5, 0.6) is 0 Å². The second-order valence-electron chi connectivity index (χ2n) is 7.39. The molecule has 0 bridgehead atoms. The molecule has 1 aliphatic carbocycles. The summed E-state index contributed by atoms with van der Waals surface area (Å²) >= 11 is 1.77. The van der Waals surface area contributed by atoms with Crippen LogP contribution in [0.3, 0.4) is 0 Å². The summed E-state index contributed by atoms with van der Waals surface area (Å²) in [5.41, 5.74) is 6.00. The van der Waals surface area contributed by atoms with Crippen molar-refractivity contribution in [3.63, 3.8) is 0 Å². The van der Waals surface area contributed by atoms with Crippen LogP contribution in [0.25, 0.3) is 6.08 Å². The minimum atomic E-state index is -0.297. The molecule has 28 heavy (non-hydrogen) atoms. The van der Waals surface area contributed by atoms with Gasteiger partial charge in [0.2, 0.25) is 0 Å². The fraction of sp³-hybridized carbons (Fsp3) is 0.391. The number of aromatic nitrogens is 1. The number of amides is 1. The minimum Gasteiger partial charge on any atom is -0.351 e. The average molecular weight is 394 g/mol. The normalized spacial score (nSPS) is 14.0. The van der Waals surface area contributed by atoms with E-state index in [0.717, 1.165) is 22.8 Å². The monoisotopic (exact) mass is 393 g/mol. The van der Waals surface area contributed by atoms with Gasteiger partial charge in [-0.05, 0) is 56.9 Å². The minimum absolute atomic E-state index is 0.166. The SMILES string of the molecule is Cc1ccc(CSCCNC(=O)/C(C#N)=C\c2cc(C)n(C3CC3)c2C)cc1. The highest BCUT2D eigenvalue weighted by Crippen LogP contribution is 2.38. The highest BCUT2D eigenvalue weighted by atomic mass is 32.2. The molecule has 1 aliphatic rings. The Morgan fingerprint density at radius 3 is 2.64 bits per heavy atom. The van der Waals surface area contributed by atoms with Gasteiger partial charge >= 0.3 is 0 Å². The Hall–Kier alpha value is -2.45. The van der Waals surface area contributed by atoms with E-state index in [-0.39, 0.29) is 11.5 Å². The fourth-order valence-corrected chi connectivity index (χ4v) is 4.17. The molecule has 146 valence electrons. The number of hydrogen-bond donors (Lipinski definition) is 1. The molecular formula is C23H27N3OS. The molecule has 0 atom stereocenters. The Morgan fingerprint density at radius 2 is 2.00 bits per heavy atom. The molecule has 1 aromatic carbocycles. The van der Waals surface area contributed by atoms with Gasteiger partial charge in [-0.3, -0.25) is 4.79 Å². The van der Waals surface area contributed by atoms with E-state index in [9.17, 15) is 10.1 Å². The molecule has 3 rings (SSSR count). The number of nitrogens with one attached hydrogen (secondary N) is 1. The lowest BCUT2D eigenvalue weighted by Crippen LogP contribution is -2.26. The van der Waals surface area contributed by atoms with Crippen molar-refractivity contribution in [2.45, 2.75) is 45.4 Å². The molecule has 0 aliphatic heterocycles. The summed E-state index contributed by atoms with van der Waals surface area (Å²) in [5.74, 6) is 1.44.